The number of pyridine rings is 1. The molecule has 0 spiro atoms. The van der Waals surface area contributed by atoms with Crippen molar-refractivity contribution in [2.45, 2.75) is 31.8 Å². The van der Waals surface area contributed by atoms with E-state index in [-0.39, 0.29) is 0 Å². The summed E-state index contributed by atoms with van der Waals surface area (Å²) in [6.45, 7) is 7.05. The minimum Gasteiger partial charge on any atom is -0.741 e. The Morgan fingerprint density at radius 3 is 2.40 bits per heavy atom. The first-order valence-electron chi connectivity index (χ1n) is 5.75. The first-order chi connectivity index (χ1) is 9.11. The lowest BCUT2D eigenvalue weighted by molar-refractivity contribution is -0.697. The summed E-state index contributed by atoms with van der Waals surface area (Å²) >= 11 is 0. The SMILES string of the molecule is C=Cc1ccc[n+](CCCC)c1.O=S(=O)([O-])C(F)(F)F. The molecule has 0 radical (unpaired) electrons. The standard InChI is InChI=1S/C11H16N.CHF3O3S/c1-3-5-8-12-9-6-7-11(4-2)10-12;2-1(3,4)8(5,6)7/h4,6-7,9-10H,2-3,5,8H2,1H3;(H,5,6,7)/q+1;/p-1. The molecule has 0 aliphatic heterocycles. The molecule has 1 heterocycles. The fourth-order valence-corrected chi connectivity index (χ4v) is 1.14. The van der Waals surface area contributed by atoms with Crippen molar-refractivity contribution >= 4 is 16.2 Å². The lowest BCUT2D eigenvalue weighted by Gasteiger charge is -2.08. The van der Waals surface area contributed by atoms with Gasteiger partial charge in [0.05, 0.1) is 0 Å². The number of halogens is 3. The Labute approximate surface area is 116 Å². The van der Waals surface area contributed by atoms with Gasteiger partial charge < -0.3 is 4.55 Å². The third kappa shape index (κ3) is 7.25. The molecule has 20 heavy (non-hydrogen) atoms. The van der Waals surface area contributed by atoms with E-state index in [9.17, 15) is 13.2 Å². The van der Waals surface area contributed by atoms with Gasteiger partial charge in [0.25, 0.3) is 0 Å². The zero-order chi connectivity index (χ0) is 15.8. The minimum absolute atomic E-state index is 1.11. The Bertz CT molecular complexity index is 527. The summed E-state index contributed by atoms with van der Waals surface area (Å²) < 4.78 is 61.1. The van der Waals surface area contributed by atoms with E-state index in [4.69, 9.17) is 13.0 Å². The number of hydrogen-bond donors (Lipinski definition) is 0. The maximum atomic E-state index is 10.7. The summed E-state index contributed by atoms with van der Waals surface area (Å²) in [6, 6.07) is 4.13. The van der Waals surface area contributed by atoms with Crippen LogP contribution in [0, 0.1) is 0 Å². The number of aromatic nitrogens is 1. The largest absolute Gasteiger partial charge is 0.741 e. The molecule has 0 unspecified atom stereocenters. The summed E-state index contributed by atoms with van der Waals surface area (Å²) in [4.78, 5) is 0. The van der Waals surface area contributed by atoms with Crippen molar-refractivity contribution in [3.8, 4) is 0 Å². The molecule has 1 aromatic rings. The monoisotopic (exact) mass is 311 g/mol. The molecule has 8 heteroatoms. The Morgan fingerprint density at radius 2 is 2.00 bits per heavy atom. The average molecular weight is 311 g/mol. The fourth-order valence-electron chi connectivity index (χ4n) is 1.14. The van der Waals surface area contributed by atoms with Crippen LogP contribution in [0.25, 0.3) is 6.08 Å². The van der Waals surface area contributed by atoms with Gasteiger partial charge in [-0.2, -0.15) is 13.2 Å². The predicted octanol–water partition coefficient (Wildman–Crippen LogP) is 2.47. The van der Waals surface area contributed by atoms with Crippen LogP contribution in [0.3, 0.4) is 0 Å². The highest BCUT2D eigenvalue weighted by atomic mass is 32.2. The number of hydrogen-bond acceptors (Lipinski definition) is 3. The van der Waals surface area contributed by atoms with Gasteiger partial charge in [0.1, 0.15) is 6.54 Å². The molecule has 0 fully saturated rings. The van der Waals surface area contributed by atoms with E-state index >= 15 is 0 Å². The van der Waals surface area contributed by atoms with E-state index in [2.05, 4.69) is 42.6 Å². The second-order valence-electron chi connectivity index (χ2n) is 3.83. The van der Waals surface area contributed by atoms with Crippen molar-refractivity contribution in [2.75, 3.05) is 0 Å². The summed E-state index contributed by atoms with van der Waals surface area (Å²) in [5.74, 6) is 0. The quantitative estimate of drug-likeness (QED) is 0.487. The molecule has 1 rings (SSSR count). The van der Waals surface area contributed by atoms with Crippen LogP contribution in [0.4, 0.5) is 13.2 Å². The van der Waals surface area contributed by atoms with Gasteiger partial charge in [-0.25, -0.2) is 13.0 Å². The number of nitrogens with zero attached hydrogens (tertiary/aromatic N) is 1. The van der Waals surface area contributed by atoms with E-state index in [0.717, 1.165) is 6.54 Å². The van der Waals surface area contributed by atoms with Crippen LogP contribution in [0.1, 0.15) is 25.3 Å². The van der Waals surface area contributed by atoms with Crippen molar-refractivity contribution in [1.82, 2.24) is 0 Å². The number of rotatable bonds is 4. The van der Waals surface area contributed by atoms with E-state index in [1.165, 1.54) is 18.4 Å². The summed E-state index contributed by atoms with van der Waals surface area (Å²) in [7, 11) is -6.09. The molecular formula is C12H16F3NO3S. The van der Waals surface area contributed by atoms with Crippen molar-refractivity contribution in [3.63, 3.8) is 0 Å². The molecule has 0 saturated heterocycles. The predicted molar refractivity (Wildman–Crippen MR) is 67.4 cm³/mol. The molecule has 0 saturated carbocycles. The van der Waals surface area contributed by atoms with Gasteiger partial charge in [0.2, 0.25) is 0 Å². The first-order valence-corrected chi connectivity index (χ1v) is 7.16. The maximum Gasteiger partial charge on any atom is 0.485 e. The molecule has 0 aliphatic carbocycles. The lowest BCUT2D eigenvalue weighted by Crippen LogP contribution is -2.32. The summed E-state index contributed by atoms with van der Waals surface area (Å²) in [6.07, 6.45) is 8.59. The van der Waals surface area contributed by atoms with Crippen LogP contribution in [0.2, 0.25) is 0 Å². The van der Waals surface area contributed by atoms with Crippen LogP contribution < -0.4 is 4.57 Å². The molecule has 0 N–H and O–H groups in total. The molecule has 0 bridgehead atoms. The van der Waals surface area contributed by atoms with Crippen molar-refractivity contribution < 1.29 is 30.7 Å². The van der Waals surface area contributed by atoms with Crippen LogP contribution in [-0.2, 0) is 16.7 Å². The Morgan fingerprint density at radius 1 is 1.45 bits per heavy atom. The smallest absolute Gasteiger partial charge is 0.485 e. The van der Waals surface area contributed by atoms with Crippen LogP contribution in [0.15, 0.2) is 31.1 Å². The van der Waals surface area contributed by atoms with E-state index in [1.807, 2.05) is 6.08 Å². The molecule has 0 atom stereocenters. The van der Waals surface area contributed by atoms with Crippen LogP contribution >= 0.6 is 0 Å². The number of unbranched alkanes of at least 4 members (excludes halogenated alkanes) is 1. The van der Waals surface area contributed by atoms with Gasteiger partial charge in [0.15, 0.2) is 22.5 Å². The topological polar surface area (TPSA) is 61.1 Å². The average Bonchev–Trinajstić information content (AvgIpc) is 2.35. The first kappa shape index (κ1) is 18.6. The third-order valence-electron chi connectivity index (χ3n) is 2.17. The molecule has 4 nitrogen and oxygen atoms in total. The van der Waals surface area contributed by atoms with Gasteiger partial charge in [-0.1, -0.05) is 26.0 Å². The normalized spacial score (nSPS) is 11.4. The zero-order valence-electron chi connectivity index (χ0n) is 10.9. The Hall–Kier alpha value is -1.41. The Balaban J connectivity index is 0.000000396. The third-order valence-corrected chi connectivity index (χ3v) is 2.74. The highest BCUT2D eigenvalue weighted by molar-refractivity contribution is 7.86. The molecular weight excluding hydrogens is 295 g/mol. The molecule has 1 aromatic heterocycles. The Kier molecular flexibility index (Phi) is 7.44. The minimum atomic E-state index is -6.09. The van der Waals surface area contributed by atoms with E-state index in [0.29, 0.717) is 0 Å². The summed E-state index contributed by atoms with van der Waals surface area (Å²) in [5.41, 5.74) is -4.46. The van der Waals surface area contributed by atoms with Gasteiger partial charge in [-0.05, 0) is 6.07 Å². The van der Waals surface area contributed by atoms with Gasteiger partial charge >= 0.3 is 5.51 Å². The maximum absolute atomic E-state index is 10.7. The highest BCUT2D eigenvalue weighted by Gasteiger charge is 2.36. The highest BCUT2D eigenvalue weighted by Crippen LogP contribution is 2.20. The number of aryl methyl sites for hydroxylation is 1. The fraction of sp³-hybridized carbons (Fsp3) is 0.417. The zero-order valence-corrected chi connectivity index (χ0v) is 11.7. The van der Waals surface area contributed by atoms with Crippen LogP contribution in [-0.4, -0.2) is 18.5 Å². The van der Waals surface area contributed by atoms with E-state index in [1.54, 1.807) is 0 Å². The van der Waals surface area contributed by atoms with E-state index < -0.39 is 15.6 Å². The molecule has 0 aromatic carbocycles. The van der Waals surface area contributed by atoms with Crippen molar-refractivity contribution in [1.29, 1.82) is 0 Å². The second-order valence-corrected chi connectivity index (χ2v) is 5.20. The van der Waals surface area contributed by atoms with Crippen molar-refractivity contribution in [2.24, 2.45) is 0 Å². The van der Waals surface area contributed by atoms with Gasteiger partial charge in [-0.15, -0.1) is 0 Å². The number of alkyl halides is 3. The summed E-state index contributed by atoms with van der Waals surface area (Å²) in [5, 5.41) is 0. The van der Waals surface area contributed by atoms with Crippen LogP contribution in [0.5, 0.6) is 0 Å². The van der Waals surface area contributed by atoms with Gasteiger partial charge in [0, 0.05) is 18.1 Å². The lowest BCUT2D eigenvalue weighted by atomic mass is 10.2. The van der Waals surface area contributed by atoms with Crippen molar-refractivity contribution in [3.05, 3.63) is 36.7 Å². The molecule has 0 aliphatic rings. The molecule has 0 amide bonds. The molecule has 114 valence electrons. The second kappa shape index (κ2) is 8.01. The van der Waals surface area contributed by atoms with Gasteiger partial charge in [-0.3, -0.25) is 0 Å².